The number of ether oxygens (including phenoxy) is 2. The third kappa shape index (κ3) is 2.30. The molecule has 1 aromatic rings. The Kier molecular flexibility index (Phi) is 3.70. The standard InChI is InChI=1S/C15H16O4S/c1-18-15(17)13-11-8-19-14(16)10(11)7-12(13)20-9-5-3-2-4-6-9/h2-6,10-13H,7-8H2,1H3/t10-,11-,12+,13-/m0/s1. The van der Waals surface area contributed by atoms with Gasteiger partial charge in [0.1, 0.15) is 0 Å². The quantitative estimate of drug-likeness (QED) is 0.799. The van der Waals surface area contributed by atoms with Crippen molar-refractivity contribution in [2.75, 3.05) is 13.7 Å². The van der Waals surface area contributed by atoms with Crippen molar-refractivity contribution in [1.29, 1.82) is 0 Å². The van der Waals surface area contributed by atoms with E-state index in [4.69, 9.17) is 9.47 Å². The van der Waals surface area contributed by atoms with Crippen LogP contribution in [0.1, 0.15) is 6.42 Å². The van der Waals surface area contributed by atoms with Crippen LogP contribution >= 0.6 is 11.8 Å². The number of rotatable bonds is 3. The molecule has 0 bridgehead atoms. The molecular formula is C15H16O4S. The first-order valence-electron chi connectivity index (χ1n) is 6.67. The average Bonchev–Trinajstić information content (AvgIpc) is 2.99. The number of methoxy groups -OCH3 is 1. The van der Waals surface area contributed by atoms with Gasteiger partial charge >= 0.3 is 11.9 Å². The summed E-state index contributed by atoms with van der Waals surface area (Å²) in [6.45, 7) is 0.342. The van der Waals surface area contributed by atoms with Gasteiger partial charge in [0.05, 0.1) is 25.6 Å². The molecule has 106 valence electrons. The monoisotopic (exact) mass is 292 g/mol. The molecule has 0 aromatic heterocycles. The van der Waals surface area contributed by atoms with Crippen LogP contribution in [-0.4, -0.2) is 30.9 Å². The second kappa shape index (κ2) is 5.48. The maximum Gasteiger partial charge on any atom is 0.310 e. The van der Waals surface area contributed by atoms with E-state index in [0.29, 0.717) is 13.0 Å². The molecule has 1 saturated carbocycles. The van der Waals surface area contributed by atoms with Crippen molar-refractivity contribution >= 4 is 23.7 Å². The Hall–Kier alpha value is -1.49. The first kappa shape index (κ1) is 13.5. The van der Waals surface area contributed by atoms with Gasteiger partial charge in [0.2, 0.25) is 0 Å². The number of hydrogen-bond donors (Lipinski definition) is 0. The van der Waals surface area contributed by atoms with Gasteiger partial charge in [-0.1, -0.05) is 18.2 Å². The third-order valence-electron chi connectivity index (χ3n) is 4.09. The van der Waals surface area contributed by atoms with Gasteiger partial charge in [0.15, 0.2) is 0 Å². The highest BCUT2D eigenvalue weighted by Crippen LogP contribution is 2.49. The summed E-state index contributed by atoms with van der Waals surface area (Å²) in [4.78, 5) is 24.9. The lowest BCUT2D eigenvalue weighted by molar-refractivity contribution is -0.147. The topological polar surface area (TPSA) is 52.6 Å². The van der Waals surface area contributed by atoms with E-state index in [2.05, 4.69) is 0 Å². The second-order valence-electron chi connectivity index (χ2n) is 5.15. The zero-order valence-corrected chi connectivity index (χ0v) is 12.0. The molecule has 4 nitrogen and oxygen atoms in total. The van der Waals surface area contributed by atoms with Crippen LogP contribution in [0.15, 0.2) is 35.2 Å². The summed E-state index contributed by atoms with van der Waals surface area (Å²) in [5.41, 5.74) is 0. The van der Waals surface area contributed by atoms with Gasteiger partial charge in [0.25, 0.3) is 0 Å². The lowest BCUT2D eigenvalue weighted by Gasteiger charge is -2.20. The Bertz CT molecular complexity index is 516. The van der Waals surface area contributed by atoms with Crippen LogP contribution in [0.2, 0.25) is 0 Å². The van der Waals surface area contributed by atoms with Gasteiger partial charge in [-0.25, -0.2) is 0 Å². The van der Waals surface area contributed by atoms with E-state index in [9.17, 15) is 9.59 Å². The normalized spacial score (nSPS) is 31.8. The van der Waals surface area contributed by atoms with E-state index in [1.165, 1.54) is 7.11 Å². The van der Waals surface area contributed by atoms with Crippen molar-refractivity contribution in [3.8, 4) is 0 Å². The lowest BCUT2D eigenvalue weighted by atomic mass is 9.92. The van der Waals surface area contributed by atoms with Crippen LogP contribution in [0, 0.1) is 17.8 Å². The van der Waals surface area contributed by atoms with E-state index in [1.807, 2.05) is 30.3 Å². The number of esters is 2. The SMILES string of the molecule is COC(=O)[C@H]1[C@H]2COC(=O)[C@H]2C[C@H]1Sc1ccccc1. The fraction of sp³-hybridized carbons (Fsp3) is 0.467. The predicted octanol–water partition coefficient (Wildman–Crippen LogP) is 2.13. The molecule has 5 heteroatoms. The van der Waals surface area contributed by atoms with E-state index in [1.54, 1.807) is 11.8 Å². The van der Waals surface area contributed by atoms with E-state index in [-0.39, 0.29) is 34.9 Å². The van der Waals surface area contributed by atoms with Crippen molar-refractivity contribution in [2.24, 2.45) is 17.8 Å². The van der Waals surface area contributed by atoms with E-state index in [0.717, 1.165) is 4.90 Å². The molecule has 0 amide bonds. The number of cyclic esters (lactones) is 1. The molecule has 2 aliphatic rings. The van der Waals surface area contributed by atoms with Gasteiger partial charge in [-0.15, -0.1) is 11.8 Å². The molecule has 1 saturated heterocycles. The Morgan fingerprint density at radius 1 is 1.35 bits per heavy atom. The Balaban J connectivity index is 1.82. The van der Waals surface area contributed by atoms with Crippen molar-refractivity contribution in [3.63, 3.8) is 0 Å². The number of benzene rings is 1. The van der Waals surface area contributed by atoms with Crippen LogP contribution < -0.4 is 0 Å². The van der Waals surface area contributed by atoms with Crippen molar-refractivity contribution in [3.05, 3.63) is 30.3 Å². The fourth-order valence-electron chi connectivity index (χ4n) is 3.13. The first-order chi connectivity index (χ1) is 9.70. The zero-order chi connectivity index (χ0) is 14.1. The molecule has 1 aliphatic carbocycles. The molecule has 4 atom stereocenters. The number of fused-ring (bicyclic) bond motifs is 1. The Labute approximate surface area is 121 Å². The average molecular weight is 292 g/mol. The highest BCUT2D eigenvalue weighted by Gasteiger charge is 2.54. The minimum absolute atomic E-state index is 0.0313. The molecule has 1 aliphatic heterocycles. The summed E-state index contributed by atoms with van der Waals surface area (Å²) >= 11 is 1.65. The highest BCUT2D eigenvalue weighted by molar-refractivity contribution is 8.00. The predicted molar refractivity (Wildman–Crippen MR) is 74.1 cm³/mol. The molecule has 0 spiro atoms. The molecular weight excluding hydrogens is 276 g/mol. The fourth-order valence-corrected chi connectivity index (χ4v) is 4.56. The number of hydrogen-bond acceptors (Lipinski definition) is 5. The second-order valence-corrected chi connectivity index (χ2v) is 6.47. The number of thioether (sulfide) groups is 1. The van der Waals surface area contributed by atoms with Crippen LogP contribution in [0.5, 0.6) is 0 Å². The molecule has 1 aromatic carbocycles. The van der Waals surface area contributed by atoms with Crippen molar-refractivity contribution in [2.45, 2.75) is 16.6 Å². The molecule has 0 N–H and O–H groups in total. The van der Waals surface area contributed by atoms with Crippen LogP contribution in [0.3, 0.4) is 0 Å². The van der Waals surface area contributed by atoms with Gasteiger partial charge in [0, 0.05) is 16.1 Å². The first-order valence-corrected chi connectivity index (χ1v) is 7.55. The van der Waals surface area contributed by atoms with Gasteiger partial charge in [-0.05, 0) is 18.6 Å². The summed E-state index contributed by atoms with van der Waals surface area (Å²) in [5.74, 6) is -0.845. The molecule has 3 rings (SSSR count). The largest absolute Gasteiger partial charge is 0.469 e. The zero-order valence-electron chi connectivity index (χ0n) is 11.2. The summed E-state index contributed by atoms with van der Waals surface area (Å²) in [6, 6.07) is 9.94. The van der Waals surface area contributed by atoms with Crippen LogP contribution in [0.25, 0.3) is 0 Å². The molecule has 0 radical (unpaired) electrons. The molecule has 20 heavy (non-hydrogen) atoms. The van der Waals surface area contributed by atoms with E-state index >= 15 is 0 Å². The Morgan fingerprint density at radius 2 is 2.10 bits per heavy atom. The summed E-state index contributed by atoms with van der Waals surface area (Å²) in [7, 11) is 1.40. The summed E-state index contributed by atoms with van der Waals surface area (Å²) in [6.07, 6.45) is 0.683. The van der Waals surface area contributed by atoms with Gasteiger partial charge < -0.3 is 9.47 Å². The van der Waals surface area contributed by atoms with Gasteiger partial charge in [-0.2, -0.15) is 0 Å². The van der Waals surface area contributed by atoms with E-state index < -0.39 is 0 Å². The minimum atomic E-state index is -0.262. The van der Waals surface area contributed by atoms with Crippen molar-refractivity contribution in [1.82, 2.24) is 0 Å². The maximum atomic E-state index is 12.1. The van der Waals surface area contributed by atoms with Crippen LogP contribution in [-0.2, 0) is 19.1 Å². The molecule has 0 unspecified atom stereocenters. The number of carbonyl (C=O) groups excluding carboxylic acids is 2. The summed E-state index contributed by atoms with van der Waals surface area (Å²) < 4.78 is 10.0. The molecule has 2 fully saturated rings. The highest BCUT2D eigenvalue weighted by atomic mass is 32.2. The van der Waals surface area contributed by atoms with Crippen LogP contribution in [0.4, 0.5) is 0 Å². The third-order valence-corrected chi connectivity index (χ3v) is 5.42. The summed E-state index contributed by atoms with van der Waals surface area (Å²) in [5, 5.41) is 0.0766. The smallest absolute Gasteiger partial charge is 0.310 e. The minimum Gasteiger partial charge on any atom is -0.469 e. The Morgan fingerprint density at radius 3 is 2.80 bits per heavy atom. The van der Waals surface area contributed by atoms with Gasteiger partial charge in [-0.3, -0.25) is 9.59 Å². The number of carbonyl (C=O) groups is 2. The molecule has 1 heterocycles. The van der Waals surface area contributed by atoms with Crippen molar-refractivity contribution < 1.29 is 19.1 Å². The maximum absolute atomic E-state index is 12.1. The lowest BCUT2D eigenvalue weighted by Crippen LogP contribution is -2.29.